The summed E-state index contributed by atoms with van der Waals surface area (Å²) in [5.74, 6) is 0. The van der Waals surface area contributed by atoms with Gasteiger partial charge in [-0.05, 0) is 13.0 Å². The fourth-order valence-electron chi connectivity index (χ4n) is 1.06. The van der Waals surface area contributed by atoms with E-state index in [1.807, 2.05) is 0 Å². The van der Waals surface area contributed by atoms with Crippen molar-refractivity contribution in [2.75, 3.05) is 6.54 Å². The maximum atomic E-state index is 11.0. The van der Waals surface area contributed by atoms with Crippen LogP contribution in [0.2, 0.25) is 0 Å². The van der Waals surface area contributed by atoms with E-state index in [9.17, 15) is 14.9 Å². The molecule has 1 rings (SSSR count). The molecular formula is C8H11N3O3. The second-order valence-electron chi connectivity index (χ2n) is 2.83. The Balaban J connectivity index is 2.95. The first-order valence-corrected chi connectivity index (χ1v) is 4.19. The van der Waals surface area contributed by atoms with Crippen molar-refractivity contribution < 1.29 is 4.92 Å². The molecule has 2 N–H and O–H groups in total. The van der Waals surface area contributed by atoms with Crippen molar-refractivity contribution in [3.8, 4) is 0 Å². The van der Waals surface area contributed by atoms with E-state index in [4.69, 9.17) is 5.73 Å². The van der Waals surface area contributed by atoms with Gasteiger partial charge in [-0.2, -0.15) is 0 Å². The Labute approximate surface area is 80.1 Å². The van der Waals surface area contributed by atoms with Crippen LogP contribution in [0.4, 0.5) is 5.69 Å². The number of nitro groups is 1. The molecule has 0 aliphatic heterocycles. The first-order chi connectivity index (χ1) is 6.65. The van der Waals surface area contributed by atoms with Crippen molar-refractivity contribution in [1.82, 2.24) is 4.57 Å². The van der Waals surface area contributed by atoms with Gasteiger partial charge in [-0.3, -0.25) is 14.9 Å². The lowest BCUT2D eigenvalue weighted by molar-refractivity contribution is -0.386. The fourth-order valence-corrected chi connectivity index (χ4v) is 1.06. The molecule has 0 saturated carbocycles. The largest absolute Gasteiger partial charge is 0.348 e. The molecule has 0 radical (unpaired) electrons. The van der Waals surface area contributed by atoms with Crippen molar-refractivity contribution in [2.24, 2.45) is 5.73 Å². The Morgan fingerprint density at radius 2 is 2.29 bits per heavy atom. The Hall–Kier alpha value is -1.69. The molecule has 0 aliphatic rings. The third-order valence-corrected chi connectivity index (χ3v) is 1.78. The maximum absolute atomic E-state index is 11.0. The maximum Gasteiger partial charge on any atom is 0.332 e. The average molecular weight is 197 g/mol. The van der Waals surface area contributed by atoms with Crippen LogP contribution in [-0.2, 0) is 6.54 Å². The van der Waals surface area contributed by atoms with E-state index in [-0.39, 0.29) is 0 Å². The number of nitrogens with zero attached hydrogens (tertiary/aromatic N) is 2. The average Bonchev–Trinajstić information content (AvgIpc) is 2.16. The van der Waals surface area contributed by atoms with Crippen molar-refractivity contribution in [2.45, 2.75) is 13.0 Å². The van der Waals surface area contributed by atoms with Gasteiger partial charge in [0.15, 0.2) is 0 Å². The SMILES string of the molecule is NCCCn1ccc(=O)c([N+](=O)[O-])c1. The molecule has 76 valence electrons. The molecule has 0 aromatic carbocycles. The molecule has 0 unspecified atom stereocenters. The summed E-state index contributed by atoms with van der Waals surface area (Å²) in [6, 6.07) is 1.19. The van der Waals surface area contributed by atoms with Gasteiger partial charge < -0.3 is 10.3 Å². The summed E-state index contributed by atoms with van der Waals surface area (Å²) in [5, 5.41) is 10.4. The highest BCUT2D eigenvalue weighted by Crippen LogP contribution is 2.02. The zero-order valence-electron chi connectivity index (χ0n) is 7.55. The quantitative estimate of drug-likeness (QED) is 0.547. The molecule has 1 aromatic rings. The van der Waals surface area contributed by atoms with Gasteiger partial charge in [0.2, 0.25) is 0 Å². The van der Waals surface area contributed by atoms with Crippen LogP contribution in [0.25, 0.3) is 0 Å². The number of aryl methyl sites for hydroxylation is 1. The molecular weight excluding hydrogens is 186 g/mol. The molecule has 0 bridgehead atoms. The van der Waals surface area contributed by atoms with Crippen LogP contribution in [0.3, 0.4) is 0 Å². The third kappa shape index (κ3) is 2.40. The predicted octanol–water partition coefficient (Wildman–Crippen LogP) is 0.105. The van der Waals surface area contributed by atoms with Crippen LogP contribution >= 0.6 is 0 Å². The van der Waals surface area contributed by atoms with E-state index in [2.05, 4.69) is 0 Å². The van der Waals surface area contributed by atoms with Gasteiger partial charge in [0.05, 0.1) is 11.1 Å². The number of nitrogens with two attached hydrogens (primary N) is 1. The van der Waals surface area contributed by atoms with Crippen LogP contribution in [0, 0.1) is 10.1 Å². The molecule has 6 heteroatoms. The summed E-state index contributed by atoms with van der Waals surface area (Å²) in [6.07, 6.45) is 3.48. The van der Waals surface area contributed by atoms with E-state index in [1.165, 1.54) is 18.5 Å². The summed E-state index contributed by atoms with van der Waals surface area (Å²) >= 11 is 0. The van der Waals surface area contributed by atoms with E-state index >= 15 is 0 Å². The smallest absolute Gasteiger partial charge is 0.332 e. The molecule has 0 fully saturated rings. The lowest BCUT2D eigenvalue weighted by Crippen LogP contribution is -2.12. The number of aromatic nitrogens is 1. The molecule has 0 amide bonds. The molecule has 1 heterocycles. The van der Waals surface area contributed by atoms with Gasteiger partial charge in [-0.1, -0.05) is 0 Å². The van der Waals surface area contributed by atoms with Crippen molar-refractivity contribution in [1.29, 1.82) is 0 Å². The minimum atomic E-state index is -0.679. The minimum Gasteiger partial charge on any atom is -0.348 e. The summed E-state index contributed by atoms with van der Waals surface area (Å²) in [4.78, 5) is 20.7. The monoisotopic (exact) mass is 197 g/mol. The highest BCUT2D eigenvalue weighted by atomic mass is 16.6. The molecule has 14 heavy (non-hydrogen) atoms. The summed E-state index contributed by atoms with van der Waals surface area (Å²) in [6.45, 7) is 1.09. The standard InChI is InChI=1S/C8H11N3O3/c9-3-1-4-10-5-2-8(12)7(6-10)11(13)14/h2,5-6H,1,3-4,9H2. The van der Waals surface area contributed by atoms with Gasteiger partial charge >= 0.3 is 5.69 Å². The van der Waals surface area contributed by atoms with Gasteiger partial charge in [0.1, 0.15) is 0 Å². The summed E-state index contributed by atoms with van der Waals surface area (Å²) in [5.41, 5.74) is 4.33. The van der Waals surface area contributed by atoms with E-state index < -0.39 is 16.0 Å². The van der Waals surface area contributed by atoms with Gasteiger partial charge in [-0.15, -0.1) is 0 Å². The van der Waals surface area contributed by atoms with Crippen LogP contribution in [0.15, 0.2) is 23.3 Å². The lowest BCUT2D eigenvalue weighted by atomic mass is 10.3. The van der Waals surface area contributed by atoms with Crippen molar-refractivity contribution in [3.05, 3.63) is 38.8 Å². The highest BCUT2D eigenvalue weighted by molar-refractivity contribution is 5.25. The minimum absolute atomic E-state index is 0.399. The number of pyridine rings is 1. The molecule has 1 aromatic heterocycles. The van der Waals surface area contributed by atoms with Gasteiger partial charge in [0.25, 0.3) is 5.43 Å². The number of rotatable bonds is 4. The molecule has 0 aliphatic carbocycles. The molecule has 0 saturated heterocycles. The Kier molecular flexibility index (Phi) is 3.35. The van der Waals surface area contributed by atoms with Crippen LogP contribution in [0.5, 0.6) is 0 Å². The third-order valence-electron chi connectivity index (χ3n) is 1.78. The zero-order valence-corrected chi connectivity index (χ0v) is 7.55. The zero-order chi connectivity index (χ0) is 10.6. The molecule has 0 spiro atoms. The second kappa shape index (κ2) is 4.52. The van der Waals surface area contributed by atoms with Gasteiger partial charge in [-0.25, -0.2) is 0 Å². The molecule has 6 nitrogen and oxygen atoms in total. The normalized spacial score (nSPS) is 10.1. The van der Waals surface area contributed by atoms with E-state index in [0.29, 0.717) is 13.1 Å². The highest BCUT2D eigenvalue weighted by Gasteiger charge is 2.10. The second-order valence-corrected chi connectivity index (χ2v) is 2.83. The predicted molar refractivity (Wildman–Crippen MR) is 51.0 cm³/mol. The Morgan fingerprint density at radius 1 is 1.57 bits per heavy atom. The van der Waals surface area contributed by atoms with Crippen molar-refractivity contribution in [3.63, 3.8) is 0 Å². The first kappa shape index (κ1) is 10.4. The first-order valence-electron chi connectivity index (χ1n) is 4.19. The van der Waals surface area contributed by atoms with Crippen LogP contribution < -0.4 is 11.2 Å². The van der Waals surface area contributed by atoms with Gasteiger partial charge in [0, 0.05) is 18.8 Å². The van der Waals surface area contributed by atoms with Crippen LogP contribution in [0.1, 0.15) is 6.42 Å². The lowest BCUT2D eigenvalue weighted by Gasteiger charge is -2.03. The van der Waals surface area contributed by atoms with Crippen molar-refractivity contribution >= 4 is 5.69 Å². The Morgan fingerprint density at radius 3 is 2.86 bits per heavy atom. The summed E-state index contributed by atoms with van der Waals surface area (Å²) < 4.78 is 1.59. The number of hydrogen-bond acceptors (Lipinski definition) is 4. The van der Waals surface area contributed by atoms with Crippen LogP contribution in [-0.4, -0.2) is 16.0 Å². The van der Waals surface area contributed by atoms with E-state index in [1.54, 1.807) is 4.57 Å². The molecule has 0 atom stereocenters. The Bertz CT molecular complexity index is 386. The summed E-state index contributed by atoms with van der Waals surface area (Å²) in [7, 11) is 0. The van der Waals surface area contributed by atoms with E-state index in [0.717, 1.165) is 6.42 Å². The fraction of sp³-hybridized carbons (Fsp3) is 0.375. The number of hydrogen-bond donors (Lipinski definition) is 1. The topological polar surface area (TPSA) is 91.2 Å².